The van der Waals surface area contributed by atoms with Crippen LogP contribution in [0, 0.1) is 0 Å². The Hall–Kier alpha value is -3.40. The Morgan fingerprint density at radius 2 is 1.51 bits per heavy atom. The second-order valence-electron chi connectivity index (χ2n) is 10.6. The van der Waals surface area contributed by atoms with Crippen molar-refractivity contribution in [2.45, 2.75) is 103 Å². The second kappa shape index (κ2) is 17.3. The molecule has 1 N–H and O–H groups in total. The van der Waals surface area contributed by atoms with Crippen molar-refractivity contribution in [3.63, 3.8) is 0 Å². The number of hydrogen-bond acceptors (Lipinski definition) is 13. The highest BCUT2D eigenvalue weighted by Gasteiger charge is 2.55. The zero-order valence-electron chi connectivity index (χ0n) is 26.4. The molecule has 3 rings (SSSR count). The summed E-state index contributed by atoms with van der Waals surface area (Å²) in [7, 11) is 1.43. The maximum absolute atomic E-state index is 12.4. The Morgan fingerprint density at radius 1 is 0.844 bits per heavy atom. The molecule has 2 fully saturated rings. The van der Waals surface area contributed by atoms with Gasteiger partial charge in [-0.2, -0.15) is 0 Å². The van der Waals surface area contributed by atoms with Gasteiger partial charge in [-0.15, -0.1) is 6.58 Å². The number of rotatable bonds is 14. The molecule has 1 aromatic rings. The largest absolute Gasteiger partial charge is 0.463 e. The Bertz CT molecular complexity index is 1150. The normalized spacial score (nSPS) is 31.3. The fourth-order valence-corrected chi connectivity index (χ4v) is 5.23. The Morgan fingerprint density at radius 3 is 2.09 bits per heavy atom. The number of methoxy groups -OCH3 is 1. The summed E-state index contributed by atoms with van der Waals surface area (Å²) in [5, 5.41) is 2.69. The molecule has 10 atom stereocenters. The van der Waals surface area contributed by atoms with E-state index in [2.05, 4.69) is 11.9 Å². The van der Waals surface area contributed by atoms with Crippen molar-refractivity contribution in [3.05, 3.63) is 48.6 Å². The van der Waals surface area contributed by atoms with E-state index in [1.54, 1.807) is 6.08 Å². The molecule has 2 aliphatic heterocycles. The van der Waals surface area contributed by atoms with Crippen molar-refractivity contribution in [1.29, 1.82) is 0 Å². The Balaban J connectivity index is 2.02. The molecular formula is C31H43NO13. The number of carbonyl (C=O) groups is 4. The van der Waals surface area contributed by atoms with Crippen LogP contribution in [0.25, 0.3) is 0 Å². The van der Waals surface area contributed by atoms with E-state index in [0.29, 0.717) is 0 Å². The van der Waals surface area contributed by atoms with Crippen LogP contribution in [-0.4, -0.2) is 105 Å². The van der Waals surface area contributed by atoms with Crippen LogP contribution in [0.1, 0.15) is 40.2 Å². The van der Waals surface area contributed by atoms with E-state index in [-0.39, 0.29) is 19.8 Å². The predicted molar refractivity (Wildman–Crippen MR) is 155 cm³/mol. The fraction of sp³-hybridized carbons (Fsp3) is 0.613. The molecule has 1 aromatic carbocycles. The minimum Gasteiger partial charge on any atom is -0.463 e. The molecular weight excluding hydrogens is 594 g/mol. The van der Waals surface area contributed by atoms with E-state index in [1.807, 2.05) is 37.3 Å². The number of hydrogen-bond donors (Lipinski definition) is 1. The molecule has 2 saturated heterocycles. The molecule has 14 heteroatoms. The zero-order valence-corrected chi connectivity index (χ0v) is 26.4. The van der Waals surface area contributed by atoms with Gasteiger partial charge >= 0.3 is 17.9 Å². The van der Waals surface area contributed by atoms with E-state index < -0.39 is 85.2 Å². The molecule has 10 unspecified atom stereocenters. The van der Waals surface area contributed by atoms with Crippen molar-refractivity contribution in [1.82, 2.24) is 5.32 Å². The van der Waals surface area contributed by atoms with Gasteiger partial charge in [0, 0.05) is 34.8 Å². The summed E-state index contributed by atoms with van der Waals surface area (Å²) in [6.07, 6.45) is -7.59. The highest BCUT2D eigenvalue weighted by molar-refractivity contribution is 5.73. The molecule has 0 radical (unpaired) electrons. The molecule has 2 aliphatic rings. The van der Waals surface area contributed by atoms with Crippen molar-refractivity contribution >= 4 is 23.8 Å². The smallest absolute Gasteiger partial charge is 0.303 e. The zero-order chi connectivity index (χ0) is 33.1. The summed E-state index contributed by atoms with van der Waals surface area (Å²) in [5.41, 5.74) is 0.925. The number of esters is 3. The first kappa shape index (κ1) is 36.1. The first-order chi connectivity index (χ1) is 21.4. The van der Waals surface area contributed by atoms with Crippen LogP contribution in [0.3, 0.4) is 0 Å². The van der Waals surface area contributed by atoms with Gasteiger partial charge in [0.05, 0.1) is 19.3 Å². The molecule has 0 bridgehead atoms. The average Bonchev–Trinajstić information content (AvgIpc) is 2.98. The number of nitrogens with one attached hydrogen (secondary N) is 1. The van der Waals surface area contributed by atoms with Crippen molar-refractivity contribution in [2.75, 3.05) is 20.3 Å². The predicted octanol–water partition coefficient (Wildman–Crippen LogP) is 1.58. The number of ether oxygens (including phenoxy) is 9. The van der Waals surface area contributed by atoms with Gasteiger partial charge in [0.25, 0.3) is 0 Å². The fourth-order valence-electron chi connectivity index (χ4n) is 5.23. The van der Waals surface area contributed by atoms with Gasteiger partial charge in [-0.05, 0) is 12.5 Å². The maximum atomic E-state index is 12.4. The summed E-state index contributed by atoms with van der Waals surface area (Å²) in [4.78, 5) is 48.5. The monoisotopic (exact) mass is 637 g/mol. The summed E-state index contributed by atoms with van der Waals surface area (Å²) in [6, 6.07) is 8.34. The SMILES string of the molecule is C=CCOC1C(OCc2ccccc2)C(C)OC(OC)C1OC1OC(COC(C)=O)C(OC(C)=O)C(OC(C)=O)C1NC(C)=O. The lowest BCUT2D eigenvalue weighted by Gasteiger charge is -2.49. The Kier molecular flexibility index (Phi) is 13.9. The quantitative estimate of drug-likeness (QED) is 0.178. The van der Waals surface area contributed by atoms with Crippen LogP contribution < -0.4 is 5.32 Å². The number of benzene rings is 1. The maximum Gasteiger partial charge on any atom is 0.303 e. The molecule has 0 aliphatic carbocycles. The summed E-state index contributed by atoms with van der Waals surface area (Å²) >= 11 is 0. The van der Waals surface area contributed by atoms with Crippen molar-refractivity contribution < 1.29 is 61.8 Å². The van der Waals surface area contributed by atoms with E-state index in [4.69, 9.17) is 42.6 Å². The van der Waals surface area contributed by atoms with Gasteiger partial charge in [-0.3, -0.25) is 19.2 Å². The first-order valence-electron chi connectivity index (χ1n) is 14.6. The van der Waals surface area contributed by atoms with Crippen LogP contribution in [0.2, 0.25) is 0 Å². The van der Waals surface area contributed by atoms with Crippen LogP contribution in [0.15, 0.2) is 43.0 Å². The Labute approximate surface area is 262 Å². The standard InChI is InChI=1S/C31H43NO13/c1-8-14-38-28-25(40-15-22-12-10-9-11-13-22)17(2)41-31(37-7)29(28)45-30-24(32-18(3)33)27(43-21(6)36)26(42-20(5)35)23(44-30)16-39-19(4)34/h8-13,17,23-31H,1,14-16H2,2-7H3,(H,32,33). The van der Waals surface area contributed by atoms with E-state index in [9.17, 15) is 19.2 Å². The lowest BCUT2D eigenvalue weighted by molar-refractivity contribution is -0.355. The van der Waals surface area contributed by atoms with E-state index in [0.717, 1.165) is 19.4 Å². The summed E-state index contributed by atoms with van der Waals surface area (Å²) in [6.45, 7) is 10.3. The lowest BCUT2D eigenvalue weighted by Crippen LogP contribution is -2.69. The molecule has 2 heterocycles. The molecule has 250 valence electrons. The summed E-state index contributed by atoms with van der Waals surface area (Å²) in [5.74, 6) is -2.60. The van der Waals surface area contributed by atoms with Crippen LogP contribution in [0.5, 0.6) is 0 Å². The third-order valence-corrected chi connectivity index (χ3v) is 7.01. The van der Waals surface area contributed by atoms with Gasteiger partial charge < -0.3 is 47.9 Å². The topological polar surface area (TPSA) is 163 Å². The molecule has 0 spiro atoms. The molecule has 14 nitrogen and oxygen atoms in total. The highest BCUT2D eigenvalue weighted by atomic mass is 16.8. The molecule has 45 heavy (non-hydrogen) atoms. The van der Waals surface area contributed by atoms with E-state index in [1.165, 1.54) is 21.0 Å². The van der Waals surface area contributed by atoms with Gasteiger partial charge in [-0.25, -0.2) is 0 Å². The van der Waals surface area contributed by atoms with Crippen molar-refractivity contribution in [2.24, 2.45) is 0 Å². The van der Waals surface area contributed by atoms with Crippen LogP contribution in [0.4, 0.5) is 0 Å². The minimum absolute atomic E-state index is 0.124. The third kappa shape index (κ3) is 10.3. The lowest BCUT2D eigenvalue weighted by atomic mass is 9.95. The minimum atomic E-state index is -1.38. The third-order valence-electron chi connectivity index (χ3n) is 7.01. The number of amides is 1. The first-order valence-corrected chi connectivity index (χ1v) is 14.6. The number of carbonyl (C=O) groups excluding carboxylic acids is 4. The van der Waals surface area contributed by atoms with Gasteiger partial charge in [0.15, 0.2) is 24.8 Å². The molecule has 0 aromatic heterocycles. The van der Waals surface area contributed by atoms with Crippen LogP contribution >= 0.6 is 0 Å². The molecule has 1 amide bonds. The van der Waals surface area contributed by atoms with Gasteiger partial charge in [-0.1, -0.05) is 36.4 Å². The van der Waals surface area contributed by atoms with Gasteiger partial charge in [0.2, 0.25) is 5.91 Å². The second-order valence-corrected chi connectivity index (χ2v) is 10.6. The average molecular weight is 638 g/mol. The molecule has 0 saturated carbocycles. The van der Waals surface area contributed by atoms with Crippen LogP contribution in [-0.2, 0) is 68.4 Å². The van der Waals surface area contributed by atoms with Crippen molar-refractivity contribution in [3.8, 4) is 0 Å². The summed E-state index contributed by atoms with van der Waals surface area (Å²) < 4.78 is 53.2. The van der Waals surface area contributed by atoms with E-state index >= 15 is 0 Å². The highest BCUT2D eigenvalue weighted by Crippen LogP contribution is 2.34. The van der Waals surface area contributed by atoms with Gasteiger partial charge in [0.1, 0.15) is 37.1 Å².